The molecule has 0 aliphatic heterocycles. The van der Waals surface area contributed by atoms with Crippen molar-refractivity contribution in [2.24, 2.45) is 0 Å². The number of fused-ring (bicyclic) bond motifs is 16. The lowest BCUT2D eigenvalue weighted by Crippen LogP contribution is -2.29. The van der Waals surface area contributed by atoms with E-state index in [0.717, 1.165) is 43.8 Å². The predicted octanol–water partition coefficient (Wildman–Crippen LogP) is 6.42. The Balaban J connectivity index is 1.16. The van der Waals surface area contributed by atoms with Gasteiger partial charge in [0.1, 0.15) is 0 Å². The normalized spacial score (nSPS) is 25.1. The number of nitro benzene ring substituents is 2. The molecule has 0 unspecified atom stereocenters. The van der Waals surface area contributed by atoms with Crippen LogP contribution in [-0.2, 0) is 9.59 Å². The minimum absolute atomic E-state index is 0.00603. The summed E-state index contributed by atoms with van der Waals surface area (Å²) in [6.07, 6.45) is 1.35. The standard InChI is InChI=1S/C32H18N2O6/c35-31-27-23-11-25(21-9-15-5-17(33(37)38)3-1-13(15)7-19(21)23)29(27)32(36)30-26-12-24(28(30)31)20-8-14-2-4-18(34(39)40)6-16(14)10-22(20)26/h1-10,23-26H,11-12H2/t23-,24+,25+,26-. The number of non-ortho nitro benzene ring substituents is 2. The van der Waals surface area contributed by atoms with Crippen LogP contribution in [0.3, 0.4) is 0 Å². The molecule has 0 saturated carbocycles. The third-order valence-electron chi connectivity index (χ3n) is 9.87. The van der Waals surface area contributed by atoms with Gasteiger partial charge in [-0.05, 0) is 80.9 Å². The smallest absolute Gasteiger partial charge is 0.270 e. The zero-order chi connectivity index (χ0) is 27.2. The summed E-state index contributed by atoms with van der Waals surface area (Å²) in [5.74, 6) is -0.719. The second kappa shape index (κ2) is 6.96. The number of benzene rings is 4. The highest BCUT2D eigenvalue weighted by atomic mass is 16.6. The van der Waals surface area contributed by atoms with Gasteiger partial charge in [-0.15, -0.1) is 0 Å². The minimum atomic E-state index is -0.412. The quantitative estimate of drug-likeness (QED) is 0.169. The summed E-state index contributed by atoms with van der Waals surface area (Å²) in [4.78, 5) is 50.2. The zero-order valence-corrected chi connectivity index (χ0v) is 20.8. The molecule has 192 valence electrons. The zero-order valence-electron chi connectivity index (χ0n) is 20.8. The molecular weight excluding hydrogens is 508 g/mol. The summed E-state index contributed by atoms with van der Waals surface area (Å²) >= 11 is 0. The van der Waals surface area contributed by atoms with Crippen LogP contribution in [0.5, 0.6) is 0 Å². The number of allylic oxidation sites excluding steroid dienone is 4. The molecule has 0 spiro atoms. The first-order valence-electron chi connectivity index (χ1n) is 13.3. The number of nitro groups is 2. The van der Waals surface area contributed by atoms with Crippen LogP contribution in [0.1, 0.15) is 58.8 Å². The van der Waals surface area contributed by atoms with Crippen molar-refractivity contribution in [2.75, 3.05) is 0 Å². The van der Waals surface area contributed by atoms with Crippen molar-refractivity contribution < 1.29 is 19.4 Å². The molecule has 5 aliphatic carbocycles. The second-order valence-corrected chi connectivity index (χ2v) is 11.5. The second-order valence-electron chi connectivity index (χ2n) is 11.5. The lowest BCUT2D eigenvalue weighted by Gasteiger charge is -2.31. The lowest BCUT2D eigenvalue weighted by molar-refractivity contribution is -0.384. The Morgan fingerprint density at radius 3 is 1.15 bits per heavy atom. The molecule has 9 rings (SSSR count). The van der Waals surface area contributed by atoms with E-state index in [1.165, 1.54) is 12.1 Å². The molecule has 0 amide bonds. The maximum absolute atomic E-state index is 14.2. The number of hydrogen-bond acceptors (Lipinski definition) is 6. The maximum Gasteiger partial charge on any atom is 0.270 e. The first-order chi connectivity index (χ1) is 19.3. The summed E-state index contributed by atoms with van der Waals surface area (Å²) in [5, 5.41) is 25.9. The molecule has 0 fully saturated rings. The first-order valence-corrected chi connectivity index (χ1v) is 13.3. The van der Waals surface area contributed by atoms with Crippen molar-refractivity contribution in [2.45, 2.75) is 36.5 Å². The van der Waals surface area contributed by atoms with Crippen LogP contribution in [-0.4, -0.2) is 21.4 Å². The van der Waals surface area contributed by atoms with Gasteiger partial charge < -0.3 is 0 Å². The highest BCUT2D eigenvalue weighted by Gasteiger charge is 2.57. The van der Waals surface area contributed by atoms with E-state index in [1.807, 2.05) is 24.3 Å². The average molecular weight is 527 g/mol. The highest BCUT2D eigenvalue weighted by Crippen LogP contribution is 2.65. The lowest BCUT2D eigenvalue weighted by atomic mass is 9.70. The Bertz CT molecular complexity index is 1940. The monoisotopic (exact) mass is 526 g/mol. The van der Waals surface area contributed by atoms with Gasteiger partial charge in [0, 0.05) is 70.2 Å². The van der Waals surface area contributed by atoms with Crippen molar-refractivity contribution in [3.05, 3.63) is 125 Å². The van der Waals surface area contributed by atoms with Gasteiger partial charge in [-0.1, -0.05) is 12.1 Å². The topological polar surface area (TPSA) is 120 Å². The van der Waals surface area contributed by atoms with E-state index in [9.17, 15) is 29.8 Å². The predicted molar refractivity (Wildman–Crippen MR) is 145 cm³/mol. The SMILES string of the molecule is O=C1C2=C(C(=O)C3=C1[C@@H]1C[C@H]3c3cc4cc([N+](=O)[O-])ccc4cc31)[C@@H]1C[C@H]2c2cc3ccc([N+](=O)[O-])cc3cc21. The number of ketones is 2. The van der Waals surface area contributed by atoms with Crippen LogP contribution < -0.4 is 0 Å². The Kier molecular flexibility index (Phi) is 3.81. The van der Waals surface area contributed by atoms with Crippen LogP contribution in [0, 0.1) is 20.2 Å². The van der Waals surface area contributed by atoms with Crippen molar-refractivity contribution in [1.82, 2.24) is 0 Å². The molecule has 4 atom stereocenters. The summed E-state index contributed by atoms with van der Waals surface area (Å²) < 4.78 is 0. The van der Waals surface area contributed by atoms with Gasteiger partial charge in [0.05, 0.1) is 9.85 Å². The summed E-state index contributed by atoms with van der Waals surface area (Å²) in [6.45, 7) is 0. The first kappa shape index (κ1) is 21.9. The minimum Gasteiger partial charge on any atom is -0.289 e. The van der Waals surface area contributed by atoms with E-state index in [-0.39, 0.29) is 46.6 Å². The fourth-order valence-electron chi connectivity index (χ4n) is 8.31. The molecule has 0 saturated heterocycles. The molecule has 0 heterocycles. The molecule has 0 radical (unpaired) electrons. The molecule has 40 heavy (non-hydrogen) atoms. The third kappa shape index (κ3) is 2.47. The number of hydrogen-bond donors (Lipinski definition) is 0. The van der Waals surface area contributed by atoms with Crippen LogP contribution in [0.25, 0.3) is 21.5 Å². The molecular formula is C32H18N2O6. The molecule has 8 nitrogen and oxygen atoms in total. The van der Waals surface area contributed by atoms with Crippen molar-refractivity contribution >= 4 is 44.5 Å². The maximum atomic E-state index is 14.2. The van der Waals surface area contributed by atoms with Gasteiger partial charge in [-0.25, -0.2) is 0 Å². The Morgan fingerprint density at radius 2 is 0.825 bits per heavy atom. The fourth-order valence-corrected chi connectivity index (χ4v) is 8.31. The number of carbonyl (C=O) groups is 2. The van der Waals surface area contributed by atoms with Gasteiger partial charge >= 0.3 is 0 Å². The molecule has 0 N–H and O–H groups in total. The van der Waals surface area contributed by atoms with E-state index < -0.39 is 9.85 Å². The van der Waals surface area contributed by atoms with Gasteiger partial charge in [0.2, 0.25) is 0 Å². The van der Waals surface area contributed by atoms with E-state index in [2.05, 4.69) is 0 Å². The van der Waals surface area contributed by atoms with Crippen LogP contribution >= 0.6 is 0 Å². The van der Waals surface area contributed by atoms with Crippen molar-refractivity contribution in [3.8, 4) is 0 Å². The van der Waals surface area contributed by atoms with Gasteiger partial charge in [-0.2, -0.15) is 0 Å². The van der Waals surface area contributed by atoms with E-state index >= 15 is 0 Å². The molecule has 4 bridgehead atoms. The van der Waals surface area contributed by atoms with Crippen LogP contribution in [0.15, 0.2) is 83.0 Å². The molecule has 0 aromatic heterocycles. The van der Waals surface area contributed by atoms with Crippen molar-refractivity contribution in [1.29, 1.82) is 0 Å². The number of nitrogens with zero attached hydrogens (tertiary/aromatic N) is 2. The highest BCUT2D eigenvalue weighted by molar-refractivity contribution is 6.29. The van der Waals surface area contributed by atoms with E-state index in [0.29, 0.717) is 35.1 Å². The molecule has 4 aromatic rings. The Hall–Kier alpha value is -4.98. The number of rotatable bonds is 2. The molecule has 8 heteroatoms. The Labute approximate surface area is 225 Å². The van der Waals surface area contributed by atoms with Gasteiger partial charge in [0.25, 0.3) is 11.4 Å². The van der Waals surface area contributed by atoms with Crippen molar-refractivity contribution in [3.63, 3.8) is 0 Å². The van der Waals surface area contributed by atoms with Gasteiger partial charge in [0.15, 0.2) is 11.6 Å². The molecule has 5 aliphatic rings. The summed E-state index contributed by atoms with van der Waals surface area (Å²) in [7, 11) is 0. The van der Waals surface area contributed by atoms with Crippen LogP contribution in [0.4, 0.5) is 11.4 Å². The Morgan fingerprint density at radius 1 is 0.500 bits per heavy atom. The van der Waals surface area contributed by atoms with E-state index in [4.69, 9.17) is 0 Å². The average Bonchev–Trinajstić information content (AvgIpc) is 3.71. The molecule has 4 aromatic carbocycles. The van der Waals surface area contributed by atoms with Gasteiger partial charge in [-0.3, -0.25) is 29.8 Å². The van der Waals surface area contributed by atoms with E-state index in [1.54, 1.807) is 24.3 Å². The fraction of sp³-hybridized carbons (Fsp3) is 0.188. The van der Waals surface area contributed by atoms with Crippen LogP contribution in [0.2, 0.25) is 0 Å². The number of Topliss-reactive ketones (excluding diaryl/α,β-unsaturated/α-hetero) is 2. The summed E-state index contributed by atoms with van der Waals surface area (Å²) in [5.41, 5.74) is 6.63. The summed E-state index contributed by atoms with van der Waals surface area (Å²) in [6, 6.07) is 17.6. The number of carbonyl (C=O) groups excluding carboxylic acids is 2. The third-order valence-corrected chi connectivity index (χ3v) is 9.87. The largest absolute Gasteiger partial charge is 0.289 e.